The number of amides is 1. The summed E-state index contributed by atoms with van der Waals surface area (Å²) in [6, 6.07) is 5.12. The van der Waals surface area contributed by atoms with Crippen molar-refractivity contribution in [3.63, 3.8) is 0 Å². The molecule has 1 aliphatic carbocycles. The summed E-state index contributed by atoms with van der Waals surface area (Å²) >= 11 is 0. The molecular formula is C13H18N2O2. The molecule has 1 amide bonds. The lowest BCUT2D eigenvalue weighted by Crippen LogP contribution is -2.25. The zero-order chi connectivity index (χ0) is 12.3. The molecule has 1 aliphatic rings. The maximum absolute atomic E-state index is 11.9. The van der Waals surface area contributed by atoms with Gasteiger partial charge in [-0.1, -0.05) is 0 Å². The van der Waals surface area contributed by atoms with Gasteiger partial charge in [0, 0.05) is 23.9 Å². The lowest BCUT2D eigenvalue weighted by atomic mass is 10.1. The van der Waals surface area contributed by atoms with Crippen LogP contribution in [-0.2, 0) is 0 Å². The first-order valence-corrected chi connectivity index (χ1v) is 6.00. The standard InChI is InChI=1S/C13H18N2O2/c1-2-17-12-6-10(5-11(14)7-12)13(16)15-8-9-3-4-9/h5-7,9H,2-4,8,14H2,1H3,(H,15,16). The first kappa shape index (κ1) is 11.8. The predicted molar refractivity (Wildman–Crippen MR) is 67.1 cm³/mol. The molecule has 92 valence electrons. The summed E-state index contributed by atoms with van der Waals surface area (Å²) in [5.41, 5.74) is 6.85. The number of nitrogen functional groups attached to an aromatic ring is 1. The summed E-state index contributed by atoms with van der Waals surface area (Å²) in [7, 11) is 0. The highest BCUT2D eigenvalue weighted by molar-refractivity contribution is 5.95. The van der Waals surface area contributed by atoms with E-state index in [9.17, 15) is 4.79 Å². The fourth-order valence-electron chi connectivity index (χ4n) is 1.66. The van der Waals surface area contributed by atoms with Gasteiger partial charge < -0.3 is 15.8 Å². The third kappa shape index (κ3) is 3.37. The van der Waals surface area contributed by atoms with Crippen LogP contribution < -0.4 is 15.8 Å². The van der Waals surface area contributed by atoms with Gasteiger partial charge in [0.05, 0.1) is 6.61 Å². The summed E-state index contributed by atoms with van der Waals surface area (Å²) in [5, 5.41) is 2.91. The average molecular weight is 234 g/mol. The van der Waals surface area contributed by atoms with Crippen molar-refractivity contribution in [1.29, 1.82) is 0 Å². The predicted octanol–water partition coefficient (Wildman–Crippen LogP) is 1.81. The Kier molecular flexibility index (Phi) is 3.52. The topological polar surface area (TPSA) is 64.3 Å². The second-order valence-corrected chi connectivity index (χ2v) is 4.38. The van der Waals surface area contributed by atoms with E-state index in [-0.39, 0.29) is 5.91 Å². The Morgan fingerprint density at radius 1 is 1.47 bits per heavy atom. The van der Waals surface area contributed by atoms with E-state index < -0.39 is 0 Å². The van der Waals surface area contributed by atoms with E-state index >= 15 is 0 Å². The molecule has 1 aromatic carbocycles. The molecule has 4 heteroatoms. The zero-order valence-electron chi connectivity index (χ0n) is 10.0. The normalized spacial score (nSPS) is 14.4. The Balaban J connectivity index is 2.04. The van der Waals surface area contributed by atoms with Gasteiger partial charge >= 0.3 is 0 Å². The van der Waals surface area contributed by atoms with E-state index in [1.165, 1.54) is 12.8 Å². The summed E-state index contributed by atoms with van der Waals surface area (Å²) < 4.78 is 5.36. The van der Waals surface area contributed by atoms with Crippen LogP contribution in [0.25, 0.3) is 0 Å². The number of nitrogens with two attached hydrogens (primary N) is 1. The van der Waals surface area contributed by atoms with Crippen molar-refractivity contribution in [2.24, 2.45) is 5.92 Å². The van der Waals surface area contributed by atoms with Crippen molar-refractivity contribution in [2.45, 2.75) is 19.8 Å². The van der Waals surface area contributed by atoms with Gasteiger partial charge in [0.1, 0.15) is 5.75 Å². The minimum atomic E-state index is -0.0786. The third-order valence-electron chi connectivity index (χ3n) is 2.75. The molecule has 4 nitrogen and oxygen atoms in total. The van der Waals surface area contributed by atoms with Crippen molar-refractivity contribution in [1.82, 2.24) is 5.32 Å². The fourth-order valence-corrected chi connectivity index (χ4v) is 1.66. The number of carbonyl (C=O) groups is 1. The van der Waals surface area contributed by atoms with Crippen molar-refractivity contribution in [3.8, 4) is 5.75 Å². The van der Waals surface area contributed by atoms with Crippen molar-refractivity contribution in [2.75, 3.05) is 18.9 Å². The van der Waals surface area contributed by atoms with E-state index in [0.29, 0.717) is 29.5 Å². The second-order valence-electron chi connectivity index (χ2n) is 4.38. The SMILES string of the molecule is CCOc1cc(N)cc(C(=O)NCC2CC2)c1. The van der Waals surface area contributed by atoms with Crippen LogP contribution in [0.3, 0.4) is 0 Å². The Hall–Kier alpha value is -1.71. The van der Waals surface area contributed by atoms with Gasteiger partial charge in [-0.2, -0.15) is 0 Å². The molecule has 0 unspecified atom stereocenters. The molecule has 0 radical (unpaired) electrons. The highest BCUT2D eigenvalue weighted by Gasteiger charge is 2.22. The Bertz CT molecular complexity index is 414. The van der Waals surface area contributed by atoms with Crippen LogP contribution in [0, 0.1) is 5.92 Å². The number of benzene rings is 1. The molecule has 1 saturated carbocycles. The van der Waals surface area contributed by atoms with Crippen LogP contribution in [0.2, 0.25) is 0 Å². The Labute approximate surface area is 101 Å². The number of anilines is 1. The lowest BCUT2D eigenvalue weighted by molar-refractivity contribution is 0.0951. The molecule has 17 heavy (non-hydrogen) atoms. The van der Waals surface area contributed by atoms with Gasteiger partial charge in [-0.25, -0.2) is 0 Å². The van der Waals surface area contributed by atoms with Gasteiger partial charge in [-0.15, -0.1) is 0 Å². The summed E-state index contributed by atoms with van der Waals surface area (Å²) in [4.78, 5) is 11.9. The number of hydrogen-bond donors (Lipinski definition) is 2. The fraction of sp³-hybridized carbons (Fsp3) is 0.462. The molecule has 2 rings (SSSR count). The van der Waals surface area contributed by atoms with Crippen LogP contribution in [0.15, 0.2) is 18.2 Å². The molecule has 0 spiro atoms. The van der Waals surface area contributed by atoms with Gasteiger partial charge in [0.2, 0.25) is 0 Å². The van der Waals surface area contributed by atoms with E-state index in [0.717, 1.165) is 6.54 Å². The number of hydrogen-bond acceptors (Lipinski definition) is 3. The Morgan fingerprint density at radius 2 is 2.24 bits per heavy atom. The third-order valence-corrected chi connectivity index (χ3v) is 2.75. The van der Waals surface area contributed by atoms with Gasteiger partial charge in [-0.3, -0.25) is 4.79 Å². The minimum Gasteiger partial charge on any atom is -0.494 e. The van der Waals surface area contributed by atoms with Crippen molar-refractivity contribution >= 4 is 11.6 Å². The maximum atomic E-state index is 11.9. The summed E-state index contributed by atoms with van der Waals surface area (Å²) in [6.07, 6.45) is 2.45. The molecule has 3 N–H and O–H groups in total. The summed E-state index contributed by atoms with van der Waals surface area (Å²) in [6.45, 7) is 3.22. The first-order chi connectivity index (χ1) is 8.19. The number of ether oxygens (including phenoxy) is 1. The van der Waals surface area contributed by atoms with Crippen LogP contribution in [-0.4, -0.2) is 19.1 Å². The number of nitrogens with one attached hydrogen (secondary N) is 1. The monoisotopic (exact) mass is 234 g/mol. The van der Waals surface area contributed by atoms with Crippen LogP contribution in [0.1, 0.15) is 30.1 Å². The second kappa shape index (κ2) is 5.08. The van der Waals surface area contributed by atoms with Gasteiger partial charge in [0.15, 0.2) is 0 Å². The van der Waals surface area contributed by atoms with E-state index in [1.54, 1.807) is 18.2 Å². The lowest BCUT2D eigenvalue weighted by Gasteiger charge is -2.08. The van der Waals surface area contributed by atoms with E-state index in [1.807, 2.05) is 6.92 Å². The van der Waals surface area contributed by atoms with Gasteiger partial charge in [0.25, 0.3) is 5.91 Å². The van der Waals surface area contributed by atoms with Gasteiger partial charge in [-0.05, 0) is 37.8 Å². The van der Waals surface area contributed by atoms with Crippen LogP contribution in [0.5, 0.6) is 5.75 Å². The van der Waals surface area contributed by atoms with Crippen LogP contribution >= 0.6 is 0 Å². The van der Waals surface area contributed by atoms with Crippen molar-refractivity contribution < 1.29 is 9.53 Å². The molecule has 0 saturated heterocycles. The zero-order valence-corrected chi connectivity index (χ0v) is 10.0. The van der Waals surface area contributed by atoms with Crippen molar-refractivity contribution in [3.05, 3.63) is 23.8 Å². The highest BCUT2D eigenvalue weighted by Crippen LogP contribution is 2.27. The highest BCUT2D eigenvalue weighted by atomic mass is 16.5. The largest absolute Gasteiger partial charge is 0.494 e. The quantitative estimate of drug-likeness (QED) is 0.764. The van der Waals surface area contributed by atoms with E-state index in [2.05, 4.69) is 5.32 Å². The first-order valence-electron chi connectivity index (χ1n) is 6.00. The molecule has 0 aromatic heterocycles. The molecule has 1 aromatic rings. The maximum Gasteiger partial charge on any atom is 0.251 e. The molecule has 0 bridgehead atoms. The van der Waals surface area contributed by atoms with E-state index in [4.69, 9.17) is 10.5 Å². The number of rotatable bonds is 5. The smallest absolute Gasteiger partial charge is 0.251 e. The molecule has 1 fully saturated rings. The minimum absolute atomic E-state index is 0.0786. The Morgan fingerprint density at radius 3 is 2.88 bits per heavy atom. The molecule has 0 heterocycles. The molecule has 0 atom stereocenters. The average Bonchev–Trinajstić information content (AvgIpc) is 3.09. The molecule has 0 aliphatic heterocycles. The number of carbonyl (C=O) groups excluding carboxylic acids is 1. The molecular weight excluding hydrogens is 216 g/mol. The van der Waals surface area contributed by atoms with Crippen LogP contribution in [0.4, 0.5) is 5.69 Å². The summed E-state index contributed by atoms with van der Waals surface area (Å²) in [5.74, 6) is 1.24.